The van der Waals surface area contributed by atoms with Crippen molar-refractivity contribution in [3.63, 3.8) is 0 Å². The Balaban J connectivity index is 1.17. The third-order valence-electron chi connectivity index (χ3n) is 13.5. The number of para-hydroxylation sites is 4. The Labute approximate surface area is 364 Å². The van der Waals surface area contributed by atoms with E-state index in [0.717, 1.165) is 72.3 Å². The van der Waals surface area contributed by atoms with Crippen LogP contribution < -0.4 is 21.1 Å². The SMILES string of the molecule is CC(C)(C)c1ccc2c(c1)B1c3cc(C(C)(C)C)ccc3Sc3cc(-n4c5ccccc5c5c6c(c7ccccc7n6-c6ccccc6)c6oc7ccccc7c6c54)cc(c31)O2. The Morgan fingerprint density at radius 2 is 1.06 bits per heavy atom. The molecule has 2 aliphatic heterocycles. The van der Waals surface area contributed by atoms with Crippen molar-refractivity contribution in [3.05, 3.63) is 163 Å². The summed E-state index contributed by atoms with van der Waals surface area (Å²) in [5.41, 5.74) is 15.1. The summed E-state index contributed by atoms with van der Waals surface area (Å²) in [5.74, 6) is 1.84. The summed E-state index contributed by atoms with van der Waals surface area (Å²) in [5, 5.41) is 6.92. The third kappa shape index (κ3) is 4.93. The van der Waals surface area contributed by atoms with E-state index < -0.39 is 0 Å². The molecule has 8 aromatic carbocycles. The molecule has 6 heteroatoms. The molecule has 0 atom stereocenters. The van der Waals surface area contributed by atoms with E-state index in [2.05, 4.69) is 202 Å². The van der Waals surface area contributed by atoms with Crippen LogP contribution in [-0.2, 0) is 10.8 Å². The second-order valence-electron chi connectivity index (χ2n) is 19.3. The lowest BCUT2D eigenvalue weighted by atomic mass is 9.35. The monoisotopic (exact) mass is 818 g/mol. The number of rotatable bonds is 2. The van der Waals surface area contributed by atoms with Crippen molar-refractivity contribution in [2.45, 2.75) is 62.2 Å². The second kappa shape index (κ2) is 12.5. The number of benzene rings is 8. The van der Waals surface area contributed by atoms with Crippen LogP contribution in [0.25, 0.3) is 76.9 Å². The molecular formula is C56H43BN2O2S. The van der Waals surface area contributed by atoms with Crippen LogP contribution >= 0.6 is 11.8 Å². The lowest BCUT2D eigenvalue weighted by Crippen LogP contribution is -2.58. The van der Waals surface area contributed by atoms with Gasteiger partial charge in [0.1, 0.15) is 22.7 Å². The van der Waals surface area contributed by atoms with Gasteiger partial charge in [0.15, 0.2) is 0 Å². The van der Waals surface area contributed by atoms with Crippen LogP contribution in [0.3, 0.4) is 0 Å². The first kappa shape index (κ1) is 36.1. The van der Waals surface area contributed by atoms with Crippen molar-refractivity contribution in [2.24, 2.45) is 0 Å². The minimum atomic E-state index is -0.00172. The van der Waals surface area contributed by atoms with Crippen LogP contribution in [0.15, 0.2) is 166 Å². The molecule has 2 aliphatic rings. The van der Waals surface area contributed by atoms with Gasteiger partial charge in [0.05, 0.1) is 38.5 Å². The predicted molar refractivity (Wildman–Crippen MR) is 262 cm³/mol. The lowest BCUT2D eigenvalue weighted by Gasteiger charge is -2.35. The Hall–Kier alpha value is -6.63. The van der Waals surface area contributed by atoms with Crippen LogP contribution in [0.5, 0.6) is 11.5 Å². The molecule has 0 radical (unpaired) electrons. The fraction of sp³-hybridized carbons (Fsp3) is 0.143. The molecule has 0 bridgehead atoms. The minimum Gasteiger partial charge on any atom is -0.458 e. The quantitative estimate of drug-likeness (QED) is 0.163. The molecule has 3 aromatic heterocycles. The molecule has 0 fully saturated rings. The minimum absolute atomic E-state index is 0.00172. The van der Waals surface area contributed by atoms with E-state index in [1.165, 1.54) is 53.5 Å². The number of aromatic nitrogens is 2. The number of hydrogen-bond acceptors (Lipinski definition) is 3. The molecule has 0 amide bonds. The summed E-state index contributed by atoms with van der Waals surface area (Å²) in [6, 6.07) is 55.8. The van der Waals surface area contributed by atoms with Gasteiger partial charge in [-0.15, -0.1) is 0 Å². The van der Waals surface area contributed by atoms with E-state index in [1.807, 2.05) is 11.8 Å². The average Bonchev–Trinajstić information content (AvgIpc) is 3.93. The van der Waals surface area contributed by atoms with Gasteiger partial charge in [-0.25, -0.2) is 0 Å². The maximum absolute atomic E-state index is 7.15. The number of ether oxygens (including phenoxy) is 1. The number of furan rings is 1. The van der Waals surface area contributed by atoms with Crippen LogP contribution in [0, 0.1) is 0 Å². The Morgan fingerprint density at radius 3 is 1.77 bits per heavy atom. The maximum Gasteiger partial charge on any atom is 0.253 e. The summed E-state index contributed by atoms with van der Waals surface area (Å²) in [6.45, 7) is 13.9. The fourth-order valence-corrected chi connectivity index (χ4v) is 11.7. The number of fused-ring (bicyclic) bond motifs is 16. The van der Waals surface area contributed by atoms with Crippen molar-refractivity contribution >= 4 is 100 Å². The highest BCUT2D eigenvalue weighted by Gasteiger charge is 2.41. The third-order valence-corrected chi connectivity index (χ3v) is 14.7. The Bertz CT molecular complexity index is 3640. The van der Waals surface area contributed by atoms with Crippen LogP contribution in [-0.4, -0.2) is 15.8 Å². The molecule has 0 saturated heterocycles. The molecule has 62 heavy (non-hydrogen) atoms. The van der Waals surface area contributed by atoms with Gasteiger partial charge >= 0.3 is 0 Å². The van der Waals surface area contributed by atoms with Crippen molar-refractivity contribution in [1.29, 1.82) is 0 Å². The van der Waals surface area contributed by atoms with E-state index in [4.69, 9.17) is 9.15 Å². The summed E-state index contributed by atoms with van der Waals surface area (Å²) in [4.78, 5) is 2.52. The van der Waals surface area contributed by atoms with E-state index >= 15 is 0 Å². The summed E-state index contributed by atoms with van der Waals surface area (Å²) >= 11 is 1.87. The Morgan fingerprint density at radius 1 is 0.484 bits per heavy atom. The standard InChI is InChI=1S/C56H43BN2O2S/c1-55(2,3)32-24-26-44-39(28-32)57-40-29-33(56(4,5)6)25-27-46(40)62-47-31-35(30-45(60-44)51(47)57)59-41-21-13-10-18-36(41)48-52-49(54-50(53(48)59)38-20-12-15-23-43(38)61-54)37-19-11-14-22-42(37)58(52)34-16-8-7-9-17-34/h7-31H,1-6H3. The molecule has 0 unspecified atom stereocenters. The first-order valence-corrected chi connectivity index (χ1v) is 22.5. The highest BCUT2D eigenvalue weighted by molar-refractivity contribution is 8.00. The molecule has 0 saturated carbocycles. The van der Waals surface area contributed by atoms with Gasteiger partial charge in [-0.1, -0.05) is 156 Å². The molecule has 0 aliphatic carbocycles. The number of nitrogens with zero attached hydrogens (tertiary/aromatic N) is 2. The molecule has 13 rings (SSSR count). The summed E-state index contributed by atoms with van der Waals surface area (Å²) in [7, 11) is 0. The fourth-order valence-electron chi connectivity index (χ4n) is 10.5. The smallest absolute Gasteiger partial charge is 0.253 e. The highest BCUT2D eigenvalue weighted by atomic mass is 32.2. The van der Waals surface area contributed by atoms with Gasteiger partial charge in [-0.3, -0.25) is 0 Å². The Kier molecular flexibility index (Phi) is 7.26. The predicted octanol–water partition coefficient (Wildman–Crippen LogP) is 13.5. The van der Waals surface area contributed by atoms with E-state index in [1.54, 1.807) is 0 Å². The van der Waals surface area contributed by atoms with E-state index in [-0.39, 0.29) is 17.5 Å². The molecule has 5 heterocycles. The largest absolute Gasteiger partial charge is 0.458 e. The van der Waals surface area contributed by atoms with Gasteiger partial charge in [-0.05, 0) is 81.4 Å². The van der Waals surface area contributed by atoms with Crippen molar-refractivity contribution in [2.75, 3.05) is 0 Å². The van der Waals surface area contributed by atoms with Gasteiger partial charge in [0.2, 0.25) is 0 Å². The molecular weight excluding hydrogens is 776 g/mol. The van der Waals surface area contributed by atoms with Crippen LogP contribution in [0.4, 0.5) is 0 Å². The molecule has 0 N–H and O–H groups in total. The first-order chi connectivity index (χ1) is 30.0. The second-order valence-corrected chi connectivity index (χ2v) is 20.4. The average molecular weight is 819 g/mol. The van der Waals surface area contributed by atoms with Crippen LogP contribution in [0.1, 0.15) is 52.7 Å². The number of hydrogen-bond donors (Lipinski definition) is 0. The van der Waals surface area contributed by atoms with E-state index in [0.29, 0.717) is 0 Å². The van der Waals surface area contributed by atoms with Gasteiger partial charge in [-0.2, -0.15) is 0 Å². The zero-order chi connectivity index (χ0) is 41.8. The van der Waals surface area contributed by atoms with Gasteiger partial charge < -0.3 is 18.3 Å². The zero-order valence-electron chi connectivity index (χ0n) is 35.6. The highest BCUT2D eigenvalue weighted by Crippen LogP contribution is 2.50. The maximum atomic E-state index is 7.15. The van der Waals surface area contributed by atoms with Crippen molar-refractivity contribution in [1.82, 2.24) is 9.13 Å². The van der Waals surface area contributed by atoms with Crippen molar-refractivity contribution < 1.29 is 9.15 Å². The van der Waals surface area contributed by atoms with Crippen LogP contribution in [0.2, 0.25) is 0 Å². The lowest BCUT2D eigenvalue weighted by molar-refractivity contribution is 0.485. The van der Waals surface area contributed by atoms with Crippen molar-refractivity contribution in [3.8, 4) is 22.9 Å². The topological polar surface area (TPSA) is 32.2 Å². The zero-order valence-corrected chi connectivity index (χ0v) is 36.4. The first-order valence-electron chi connectivity index (χ1n) is 21.7. The normalized spacial score (nSPS) is 13.7. The molecule has 4 nitrogen and oxygen atoms in total. The van der Waals surface area contributed by atoms with E-state index in [9.17, 15) is 0 Å². The summed E-state index contributed by atoms with van der Waals surface area (Å²) in [6.07, 6.45) is 0. The van der Waals surface area contributed by atoms with Gasteiger partial charge in [0, 0.05) is 43.1 Å². The summed E-state index contributed by atoms with van der Waals surface area (Å²) < 4.78 is 19.2. The van der Waals surface area contributed by atoms with Gasteiger partial charge in [0.25, 0.3) is 6.71 Å². The molecule has 298 valence electrons. The molecule has 11 aromatic rings. The molecule has 0 spiro atoms.